The smallest absolute Gasteiger partial charge is 0.0480 e. The zero-order chi connectivity index (χ0) is 13.8. The highest BCUT2D eigenvalue weighted by molar-refractivity contribution is 6.76. The molecule has 0 fully saturated rings. The van der Waals surface area contributed by atoms with E-state index in [1.165, 1.54) is 31.7 Å². The summed E-state index contributed by atoms with van der Waals surface area (Å²) >= 11 is 0. The molecule has 0 amide bonds. The van der Waals surface area contributed by atoms with Crippen LogP contribution >= 0.6 is 0 Å². The number of rotatable bonds is 4. The van der Waals surface area contributed by atoms with Gasteiger partial charge in [-0.05, 0) is 43.1 Å². The Balaban J connectivity index is 2.36. The summed E-state index contributed by atoms with van der Waals surface area (Å²) in [5.41, 5.74) is 2.15. The van der Waals surface area contributed by atoms with Gasteiger partial charge in [-0.25, -0.2) is 0 Å². The van der Waals surface area contributed by atoms with Crippen LogP contribution in [0, 0.1) is 11.3 Å². The van der Waals surface area contributed by atoms with Crippen LogP contribution in [0.15, 0.2) is 23.8 Å². The van der Waals surface area contributed by atoms with E-state index in [-0.39, 0.29) is 0 Å². The first-order valence-electron chi connectivity index (χ1n) is 7.51. The minimum Gasteiger partial charge on any atom is -0.0909 e. The van der Waals surface area contributed by atoms with E-state index in [1.54, 1.807) is 5.57 Å². The maximum absolute atomic E-state index is 2.51. The average Bonchev–Trinajstić information content (AvgIpc) is 2.22. The van der Waals surface area contributed by atoms with Gasteiger partial charge in [0, 0.05) is 8.07 Å². The van der Waals surface area contributed by atoms with Crippen LogP contribution in [0.1, 0.15) is 46.5 Å². The average molecular weight is 265 g/mol. The standard InChI is InChI=1S/C17H32Si/c1-17(2,3)16-12-10-15(11-13-16)9-7-8-14-18(4,5)6/h7-8,10,16H,9,11-14H2,1-6H3/b8-7-. The Bertz CT molecular complexity index is 309. The summed E-state index contributed by atoms with van der Waals surface area (Å²) in [6.07, 6.45) is 12.5. The third kappa shape index (κ3) is 6.04. The molecule has 0 bridgehead atoms. The van der Waals surface area contributed by atoms with Crippen LogP contribution in [0.5, 0.6) is 0 Å². The van der Waals surface area contributed by atoms with Crippen molar-refractivity contribution in [1.82, 2.24) is 0 Å². The van der Waals surface area contributed by atoms with Crippen molar-refractivity contribution in [1.29, 1.82) is 0 Å². The second-order valence-electron chi connectivity index (χ2n) is 8.14. The van der Waals surface area contributed by atoms with Gasteiger partial charge in [0.25, 0.3) is 0 Å². The Hall–Kier alpha value is -0.303. The van der Waals surface area contributed by atoms with Crippen molar-refractivity contribution >= 4 is 8.07 Å². The second-order valence-corrected chi connectivity index (χ2v) is 13.7. The minimum atomic E-state index is -0.886. The van der Waals surface area contributed by atoms with Crippen LogP contribution in [0.2, 0.25) is 25.7 Å². The van der Waals surface area contributed by atoms with Gasteiger partial charge in [-0.1, -0.05) is 64.2 Å². The van der Waals surface area contributed by atoms with Crippen LogP contribution in [-0.4, -0.2) is 8.07 Å². The van der Waals surface area contributed by atoms with E-state index in [0.717, 1.165) is 5.92 Å². The van der Waals surface area contributed by atoms with Crippen molar-refractivity contribution in [2.75, 3.05) is 0 Å². The lowest BCUT2D eigenvalue weighted by molar-refractivity contribution is 0.220. The van der Waals surface area contributed by atoms with Crippen LogP contribution in [0.3, 0.4) is 0 Å². The third-order valence-electron chi connectivity index (χ3n) is 4.01. The van der Waals surface area contributed by atoms with Crippen LogP contribution in [-0.2, 0) is 0 Å². The predicted molar refractivity (Wildman–Crippen MR) is 86.8 cm³/mol. The largest absolute Gasteiger partial charge is 0.0909 e. The Kier molecular flexibility index (Phi) is 5.45. The molecule has 1 aliphatic rings. The van der Waals surface area contributed by atoms with Crippen molar-refractivity contribution < 1.29 is 0 Å². The molecule has 104 valence electrons. The van der Waals surface area contributed by atoms with Crippen LogP contribution in [0.25, 0.3) is 0 Å². The molecular formula is C17H32Si. The van der Waals surface area contributed by atoms with E-state index < -0.39 is 8.07 Å². The molecule has 0 saturated carbocycles. The Labute approximate surface area is 116 Å². The molecule has 0 heterocycles. The lowest BCUT2D eigenvalue weighted by Crippen LogP contribution is -2.22. The highest BCUT2D eigenvalue weighted by Gasteiger charge is 2.25. The Morgan fingerprint density at radius 1 is 1.22 bits per heavy atom. The molecule has 0 aliphatic heterocycles. The molecule has 0 spiro atoms. The lowest BCUT2D eigenvalue weighted by atomic mass is 9.73. The summed E-state index contributed by atoms with van der Waals surface area (Å²) in [4.78, 5) is 0. The normalized spacial score (nSPS) is 22.3. The Morgan fingerprint density at radius 3 is 2.33 bits per heavy atom. The fourth-order valence-corrected chi connectivity index (χ4v) is 3.41. The Morgan fingerprint density at radius 2 is 1.89 bits per heavy atom. The van der Waals surface area contributed by atoms with E-state index in [2.05, 4.69) is 58.6 Å². The third-order valence-corrected chi connectivity index (χ3v) is 5.47. The molecule has 1 aliphatic carbocycles. The molecule has 0 radical (unpaired) electrons. The fourth-order valence-electron chi connectivity index (χ4n) is 2.53. The van der Waals surface area contributed by atoms with Crippen molar-refractivity contribution in [2.45, 2.75) is 72.1 Å². The summed E-state index contributed by atoms with van der Waals surface area (Å²) in [5.74, 6) is 0.882. The first-order chi connectivity index (χ1) is 8.18. The molecule has 0 aromatic carbocycles. The molecule has 0 nitrogen and oxygen atoms in total. The van der Waals surface area contributed by atoms with Crippen molar-refractivity contribution in [3.05, 3.63) is 23.8 Å². The maximum atomic E-state index is 2.51. The molecule has 1 unspecified atom stereocenters. The molecule has 1 rings (SSSR count). The topological polar surface area (TPSA) is 0 Å². The SMILES string of the molecule is CC(C)(C)C1CC=C(C/C=C\C[Si](C)(C)C)CC1. The maximum Gasteiger partial charge on any atom is 0.0480 e. The molecule has 1 heteroatoms. The minimum absolute atomic E-state index is 0.482. The van der Waals surface area contributed by atoms with Gasteiger partial charge in [0.2, 0.25) is 0 Å². The fraction of sp³-hybridized carbons (Fsp3) is 0.765. The van der Waals surface area contributed by atoms with Crippen molar-refractivity contribution in [3.8, 4) is 0 Å². The number of hydrogen-bond donors (Lipinski definition) is 0. The number of hydrogen-bond acceptors (Lipinski definition) is 0. The van der Waals surface area contributed by atoms with Gasteiger partial charge in [0.15, 0.2) is 0 Å². The quantitative estimate of drug-likeness (QED) is 0.429. The van der Waals surface area contributed by atoms with Gasteiger partial charge in [0.1, 0.15) is 0 Å². The van der Waals surface area contributed by atoms with Crippen LogP contribution < -0.4 is 0 Å². The molecule has 0 aromatic heterocycles. The van der Waals surface area contributed by atoms with Crippen molar-refractivity contribution in [2.24, 2.45) is 11.3 Å². The first-order valence-corrected chi connectivity index (χ1v) is 11.2. The summed E-state index contributed by atoms with van der Waals surface area (Å²) in [6.45, 7) is 14.4. The van der Waals surface area contributed by atoms with E-state index in [0.29, 0.717) is 5.41 Å². The summed E-state index contributed by atoms with van der Waals surface area (Å²) in [6, 6.07) is 1.32. The highest BCUT2D eigenvalue weighted by atomic mass is 28.3. The molecule has 1 atom stereocenters. The first kappa shape index (κ1) is 15.8. The highest BCUT2D eigenvalue weighted by Crippen LogP contribution is 2.37. The monoisotopic (exact) mass is 264 g/mol. The van der Waals surface area contributed by atoms with Gasteiger partial charge < -0.3 is 0 Å². The second kappa shape index (κ2) is 6.23. The summed E-state index contributed by atoms with van der Waals surface area (Å²) in [7, 11) is -0.886. The van der Waals surface area contributed by atoms with Gasteiger partial charge in [-0.2, -0.15) is 0 Å². The van der Waals surface area contributed by atoms with E-state index in [1.807, 2.05) is 0 Å². The zero-order valence-corrected chi connectivity index (χ0v) is 14.3. The van der Waals surface area contributed by atoms with Gasteiger partial charge >= 0.3 is 0 Å². The zero-order valence-electron chi connectivity index (χ0n) is 13.3. The lowest BCUT2D eigenvalue weighted by Gasteiger charge is -2.33. The van der Waals surface area contributed by atoms with E-state index >= 15 is 0 Å². The van der Waals surface area contributed by atoms with Crippen molar-refractivity contribution in [3.63, 3.8) is 0 Å². The summed E-state index contributed by atoms with van der Waals surface area (Å²) in [5, 5.41) is 0. The van der Waals surface area contributed by atoms with E-state index in [9.17, 15) is 0 Å². The van der Waals surface area contributed by atoms with Crippen LogP contribution in [0.4, 0.5) is 0 Å². The molecule has 0 saturated heterocycles. The predicted octanol–water partition coefficient (Wildman–Crippen LogP) is 6.04. The molecule has 0 N–H and O–H groups in total. The summed E-state index contributed by atoms with van der Waals surface area (Å²) < 4.78 is 0. The van der Waals surface area contributed by atoms with Gasteiger partial charge in [-0.3, -0.25) is 0 Å². The number of allylic oxidation sites excluding steroid dienone is 4. The van der Waals surface area contributed by atoms with E-state index in [4.69, 9.17) is 0 Å². The molecule has 18 heavy (non-hydrogen) atoms. The van der Waals surface area contributed by atoms with Gasteiger partial charge in [0.05, 0.1) is 0 Å². The molecule has 0 aromatic rings. The van der Waals surface area contributed by atoms with Gasteiger partial charge in [-0.15, -0.1) is 0 Å². The molecular weight excluding hydrogens is 232 g/mol.